The topological polar surface area (TPSA) is 58.4 Å². The summed E-state index contributed by atoms with van der Waals surface area (Å²) >= 11 is 0. The van der Waals surface area contributed by atoms with E-state index < -0.39 is 5.54 Å². The van der Waals surface area contributed by atoms with Crippen LogP contribution in [0.15, 0.2) is 0 Å². The van der Waals surface area contributed by atoms with Gasteiger partial charge >= 0.3 is 0 Å². The van der Waals surface area contributed by atoms with Crippen molar-refractivity contribution in [2.45, 2.75) is 45.1 Å². The average Bonchev–Trinajstić information content (AvgIpc) is 3.07. The molecule has 0 aliphatic heterocycles. The van der Waals surface area contributed by atoms with Crippen LogP contribution in [0.4, 0.5) is 0 Å². The van der Waals surface area contributed by atoms with Gasteiger partial charge in [-0.2, -0.15) is 0 Å². The Balaban J connectivity index is 2.33. The maximum atomic E-state index is 11.5. The summed E-state index contributed by atoms with van der Waals surface area (Å²) in [4.78, 5) is 13.8. The zero-order chi connectivity index (χ0) is 12.9. The fourth-order valence-corrected chi connectivity index (χ4v) is 1.95. The molecular formula is C13H27N3O. The molecule has 0 spiro atoms. The first-order chi connectivity index (χ1) is 7.98. The summed E-state index contributed by atoms with van der Waals surface area (Å²) in [5, 5.41) is 3.27. The minimum Gasteiger partial charge on any atom is -0.368 e. The van der Waals surface area contributed by atoms with Crippen molar-refractivity contribution in [3.8, 4) is 0 Å². The van der Waals surface area contributed by atoms with Gasteiger partial charge in [0, 0.05) is 13.1 Å². The molecule has 1 rings (SSSR count). The smallest absolute Gasteiger partial charge is 0.237 e. The molecule has 0 bridgehead atoms. The van der Waals surface area contributed by atoms with Crippen molar-refractivity contribution in [2.24, 2.45) is 11.7 Å². The number of hydrogen-bond donors (Lipinski definition) is 2. The van der Waals surface area contributed by atoms with E-state index in [1.165, 1.54) is 12.8 Å². The Morgan fingerprint density at radius 2 is 2.18 bits per heavy atom. The van der Waals surface area contributed by atoms with Crippen LogP contribution < -0.4 is 11.1 Å². The van der Waals surface area contributed by atoms with Gasteiger partial charge in [-0.3, -0.25) is 4.79 Å². The molecule has 0 aromatic carbocycles. The Morgan fingerprint density at radius 3 is 2.65 bits per heavy atom. The number of carbonyl (C=O) groups is 1. The molecule has 17 heavy (non-hydrogen) atoms. The standard InChI is InChI=1S/C13H27N3O/c1-4-8-15-13(2,12(14)17)7-9-16(3)10-11-5-6-11/h11,15H,4-10H2,1-3H3,(H2,14,17). The fourth-order valence-electron chi connectivity index (χ4n) is 1.95. The number of rotatable bonds is 9. The zero-order valence-electron chi connectivity index (χ0n) is 11.5. The molecule has 1 atom stereocenters. The SMILES string of the molecule is CCCNC(C)(CCN(C)CC1CC1)C(N)=O. The molecule has 0 heterocycles. The molecule has 3 N–H and O–H groups in total. The van der Waals surface area contributed by atoms with E-state index in [1.807, 2.05) is 6.92 Å². The number of primary amides is 1. The minimum absolute atomic E-state index is 0.245. The normalized spacial score (nSPS) is 19.3. The van der Waals surface area contributed by atoms with Crippen LogP contribution in [0.5, 0.6) is 0 Å². The summed E-state index contributed by atoms with van der Waals surface area (Å²) in [6, 6.07) is 0. The van der Waals surface area contributed by atoms with Crippen LogP contribution in [0.2, 0.25) is 0 Å². The summed E-state index contributed by atoms with van der Waals surface area (Å²) < 4.78 is 0. The second-order valence-electron chi connectivity index (χ2n) is 5.58. The first kappa shape index (κ1) is 14.5. The molecule has 1 amide bonds. The van der Waals surface area contributed by atoms with E-state index in [0.29, 0.717) is 0 Å². The molecule has 0 saturated heterocycles. The van der Waals surface area contributed by atoms with Crippen LogP contribution >= 0.6 is 0 Å². The number of hydrogen-bond acceptors (Lipinski definition) is 3. The van der Waals surface area contributed by atoms with Gasteiger partial charge in [-0.1, -0.05) is 6.92 Å². The first-order valence-corrected chi connectivity index (χ1v) is 6.71. The molecule has 0 radical (unpaired) electrons. The van der Waals surface area contributed by atoms with Crippen LogP contribution in [-0.4, -0.2) is 43.0 Å². The third kappa shape index (κ3) is 5.04. The molecule has 1 aliphatic carbocycles. The lowest BCUT2D eigenvalue weighted by Crippen LogP contribution is -2.54. The Morgan fingerprint density at radius 1 is 1.53 bits per heavy atom. The Bertz CT molecular complexity index is 253. The number of nitrogens with zero attached hydrogens (tertiary/aromatic N) is 1. The van der Waals surface area contributed by atoms with E-state index >= 15 is 0 Å². The molecular weight excluding hydrogens is 214 g/mol. The second kappa shape index (κ2) is 6.36. The van der Waals surface area contributed by atoms with Gasteiger partial charge in [-0.05, 0) is 52.1 Å². The summed E-state index contributed by atoms with van der Waals surface area (Å²) in [6.07, 6.45) is 4.53. The molecule has 100 valence electrons. The maximum absolute atomic E-state index is 11.5. The average molecular weight is 241 g/mol. The van der Waals surface area contributed by atoms with Gasteiger partial charge in [-0.15, -0.1) is 0 Å². The summed E-state index contributed by atoms with van der Waals surface area (Å²) in [7, 11) is 2.12. The van der Waals surface area contributed by atoms with Crippen LogP contribution in [0.3, 0.4) is 0 Å². The lowest BCUT2D eigenvalue weighted by Gasteiger charge is -2.29. The minimum atomic E-state index is -0.562. The molecule has 4 nitrogen and oxygen atoms in total. The van der Waals surface area contributed by atoms with Gasteiger partial charge in [-0.25, -0.2) is 0 Å². The van der Waals surface area contributed by atoms with Gasteiger partial charge < -0.3 is 16.0 Å². The highest BCUT2D eigenvalue weighted by atomic mass is 16.1. The highest BCUT2D eigenvalue weighted by Crippen LogP contribution is 2.29. The van der Waals surface area contributed by atoms with Crippen molar-refractivity contribution in [3.05, 3.63) is 0 Å². The van der Waals surface area contributed by atoms with Gasteiger partial charge in [0.25, 0.3) is 0 Å². The number of amides is 1. The van der Waals surface area contributed by atoms with Crippen LogP contribution in [-0.2, 0) is 4.79 Å². The van der Waals surface area contributed by atoms with E-state index in [0.717, 1.165) is 38.4 Å². The Hall–Kier alpha value is -0.610. The number of nitrogens with two attached hydrogens (primary N) is 1. The third-order valence-corrected chi connectivity index (χ3v) is 3.57. The fraction of sp³-hybridized carbons (Fsp3) is 0.923. The first-order valence-electron chi connectivity index (χ1n) is 6.71. The summed E-state index contributed by atoms with van der Waals surface area (Å²) in [5.74, 6) is 0.647. The van der Waals surface area contributed by atoms with Crippen molar-refractivity contribution < 1.29 is 4.79 Å². The van der Waals surface area contributed by atoms with Crippen LogP contribution in [0.1, 0.15) is 39.5 Å². The largest absolute Gasteiger partial charge is 0.368 e. The quantitative estimate of drug-likeness (QED) is 0.632. The van der Waals surface area contributed by atoms with Crippen molar-refractivity contribution >= 4 is 5.91 Å². The maximum Gasteiger partial charge on any atom is 0.237 e. The monoisotopic (exact) mass is 241 g/mol. The Kier molecular flexibility index (Phi) is 5.40. The highest BCUT2D eigenvalue weighted by molar-refractivity contribution is 5.84. The lowest BCUT2D eigenvalue weighted by atomic mass is 9.96. The molecule has 0 aromatic rings. The van der Waals surface area contributed by atoms with E-state index in [9.17, 15) is 4.79 Å². The van der Waals surface area contributed by atoms with E-state index in [4.69, 9.17) is 5.73 Å². The molecule has 1 saturated carbocycles. The van der Waals surface area contributed by atoms with Gasteiger partial charge in [0.2, 0.25) is 5.91 Å². The molecule has 1 fully saturated rings. The summed E-state index contributed by atoms with van der Waals surface area (Å²) in [5.41, 5.74) is 4.93. The predicted molar refractivity (Wildman–Crippen MR) is 70.7 cm³/mol. The van der Waals surface area contributed by atoms with Crippen molar-refractivity contribution in [3.63, 3.8) is 0 Å². The predicted octanol–water partition coefficient (Wildman–Crippen LogP) is 0.962. The van der Waals surface area contributed by atoms with Gasteiger partial charge in [0.1, 0.15) is 0 Å². The van der Waals surface area contributed by atoms with Crippen LogP contribution in [0.25, 0.3) is 0 Å². The van der Waals surface area contributed by atoms with Gasteiger partial charge in [0.05, 0.1) is 5.54 Å². The summed E-state index contributed by atoms with van der Waals surface area (Å²) in [6.45, 7) is 6.92. The lowest BCUT2D eigenvalue weighted by molar-refractivity contribution is -0.124. The third-order valence-electron chi connectivity index (χ3n) is 3.57. The number of nitrogens with one attached hydrogen (secondary N) is 1. The van der Waals surface area contributed by atoms with E-state index in [1.54, 1.807) is 0 Å². The second-order valence-corrected chi connectivity index (χ2v) is 5.58. The van der Waals surface area contributed by atoms with Crippen molar-refractivity contribution in [2.75, 3.05) is 26.7 Å². The molecule has 1 unspecified atom stereocenters. The van der Waals surface area contributed by atoms with Crippen molar-refractivity contribution in [1.29, 1.82) is 0 Å². The van der Waals surface area contributed by atoms with E-state index in [-0.39, 0.29) is 5.91 Å². The molecule has 4 heteroatoms. The van der Waals surface area contributed by atoms with E-state index in [2.05, 4.69) is 24.2 Å². The van der Waals surface area contributed by atoms with Crippen molar-refractivity contribution in [1.82, 2.24) is 10.2 Å². The highest BCUT2D eigenvalue weighted by Gasteiger charge is 2.30. The Labute approximate surface area is 105 Å². The van der Waals surface area contributed by atoms with Crippen LogP contribution in [0, 0.1) is 5.92 Å². The number of carbonyl (C=O) groups excluding carboxylic acids is 1. The molecule has 0 aromatic heterocycles. The zero-order valence-corrected chi connectivity index (χ0v) is 11.5. The van der Waals surface area contributed by atoms with Gasteiger partial charge in [0.15, 0.2) is 0 Å². The molecule has 1 aliphatic rings.